The summed E-state index contributed by atoms with van der Waals surface area (Å²) in [7, 11) is 0. The molecule has 0 spiro atoms. The highest BCUT2D eigenvalue weighted by molar-refractivity contribution is 6.30. The van der Waals surface area contributed by atoms with E-state index >= 15 is 0 Å². The number of rotatable bonds is 6. The van der Waals surface area contributed by atoms with Crippen LogP contribution in [-0.2, 0) is 11.3 Å². The Morgan fingerprint density at radius 3 is 2.26 bits per heavy atom. The van der Waals surface area contributed by atoms with Gasteiger partial charge in [0.05, 0.1) is 0 Å². The van der Waals surface area contributed by atoms with Crippen molar-refractivity contribution in [3.8, 4) is 0 Å². The molecule has 0 atom stereocenters. The van der Waals surface area contributed by atoms with Crippen LogP contribution in [0.3, 0.4) is 0 Å². The summed E-state index contributed by atoms with van der Waals surface area (Å²) < 4.78 is 0. The minimum absolute atomic E-state index is 0.0312. The predicted octanol–water partition coefficient (Wildman–Crippen LogP) is 4.38. The number of anilines is 1. The van der Waals surface area contributed by atoms with Gasteiger partial charge in [0, 0.05) is 30.2 Å². The first-order valence-electron chi connectivity index (χ1n) is 7.78. The number of carbonyl (C=O) groups is 1. The van der Waals surface area contributed by atoms with E-state index in [0.717, 1.165) is 33.9 Å². The Bertz CT molecular complexity index is 657. The lowest BCUT2D eigenvalue weighted by Gasteiger charge is -2.13. The highest BCUT2D eigenvalue weighted by Gasteiger charge is 2.08. The molecule has 4 heteroatoms. The number of hydrogen-bond donors (Lipinski definition) is 2. The van der Waals surface area contributed by atoms with E-state index in [2.05, 4.69) is 29.7 Å². The van der Waals surface area contributed by atoms with Crippen LogP contribution in [0.15, 0.2) is 36.4 Å². The summed E-state index contributed by atoms with van der Waals surface area (Å²) >= 11 is 5.85. The van der Waals surface area contributed by atoms with E-state index in [9.17, 15) is 4.79 Å². The number of halogens is 1. The summed E-state index contributed by atoms with van der Waals surface area (Å²) in [4.78, 5) is 12.1. The van der Waals surface area contributed by atoms with Gasteiger partial charge in [0.25, 0.3) is 0 Å². The largest absolute Gasteiger partial charge is 0.326 e. The monoisotopic (exact) mass is 330 g/mol. The minimum atomic E-state index is 0.0312. The van der Waals surface area contributed by atoms with Crippen LogP contribution < -0.4 is 10.6 Å². The molecule has 3 nitrogen and oxygen atoms in total. The molecule has 0 heterocycles. The van der Waals surface area contributed by atoms with Gasteiger partial charge in [0.15, 0.2) is 0 Å². The normalized spacial score (nSPS) is 10.6. The molecule has 122 valence electrons. The second-order valence-corrected chi connectivity index (χ2v) is 6.31. The zero-order valence-electron chi connectivity index (χ0n) is 13.9. The summed E-state index contributed by atoms with van der Waals surface area (Å²) in [6, 6.07) is 11.9. The third-order valence-electron chi connectivity index (χ3n) is 3.71. The Kier molecular flexibility index (Phi) is 6.20. The topological polar surface area (TPSA) is 41.1 Å². The van der Waals surface area contributed by atoms with Crippen molar-refractivity contribution >= 4 is 23.2 Å². The van der Waals surface area contributed by atoms with Crippen LogP contribution in [0, 0.1) is 20.8 Å². The maximum Gasteiger partial charge on any atom is 0.225 e. The first kappa shape index (κ1) is 17.5. The Morgan fingerprint density at radius 2 is 1.65 bits per heavy atom. The Morgan fingerprint density at radius 1 is 1.04 bits per heavy atom. The molecule has 0 saturated heterocycles. The van der Waals surface area contributed by atoms with Crippen molar-refractivity contribution in [3.05, 3.63) is 63.7 Å². The van der Waals surface area contributed by atoms with Crippen molar-refractivity contribution < 1.29 is 4.79 Å². The number of nitrogens with one attached hydrogen (secondary N) is 2. The van der Waals surface area contributed by atoms with Crippen LogP contribution in [0.1, 0.15) is 28.7 Å². The van der Waals surface area contributed by atoms with Crippen LogP contribution in [0.4, 0.5) is 5.69 Å². The second-order valence-electron chi connectivity index (χ2n) is 5.88. The van der Waals surface area contributed by atoms with E-state index < -0.39 is 0 Å². The smallest absolute Gasteiger partial charge is 0.225 e. The fourth-order valence-electron chi connectivity index (χ4n) is 2.62. The third-order valence-corrected chi connectivity index (χ3v) is 3.96. The standard InChI is InChI=1S/C19H23ClN2O/c1-13-10-14(2)19(15(3)11-13)22-18(23)8-9-21-12-16-4-6-17(20)7-5-16/h4-7,10-11,21H,8-9,12H2,1-3H3,(H,22,23). The molecular weight excluding hydrogens is 308 g/mol. The number of benzene rings is 2. The van der Waals surface area contributed by atoms with Crippen LogP contribution in [0.2, 0.25) is 5.02 Å². The van der Waals surface area contributed by atoms with Crippen LogP contribution >= 0.6 is 11.6 Å². The zero-order valence-corrected chi connectivity index (χ0v) is 14.6. The molecule has 0 saturated carbocycles. The van der Waals surface area contributed by atoms with Gasteiger partial charge in [-0.3, -0.25) is 4.79 Å². The van der Waals surface area contributed by atoms with Gasteiger partial charge >= 0.3 is 0 Å². The second kappa shape index (κ2) is 8.14. The molecule has 0 radical (unpaired) electrons. The molecule has 2 N–H and O–H groups in total. The lowest BCUT2D eigenvalue weighted by molar-refractivity contribution is -0.116. The summed E-state index contributed by atoms with van der Waals surface area (Å²) in [6.45, 7) is 7.47. The Hall–Kier alpha value is -1.84. The van der Waals surface area contributed by atoms with Crippen LogP contribution in [-0.4, -0.2) is 12.5 Å². The molecular formula is C19H23ClN2O. The first-order chi connectivity index (χ1) is 11.0. The fraction of sp³-hybridized carbons (Fsp3) is 0.316. The lowest BCUT2D eigenvalue weighted by atomic mass is 10.1. The quantitative estimate of drug-likeness (QED) is 0.771. The van der Waals surface area contributed by atoms with Gasteiger partial charge in [-0.2, -0.15) is 0 Å². The Labute approximate surface area is 143 Å². The van der Waals surface area contributed by atoms with Crippen molar-refractivity contribution in [1.29, 1.82) is 0 Å². The highest BCUT2D eigenvalue weighted by atomic mass is 35.5. The van der Waals surface area contributed by atoms with Crippen molar-refractivity contribution in [2.45, 2.75) is 33.7 Å². The van der Waals surface area contributed by atoms with E-state index in [1.807, 2.05) is 38.1 Å². The highest BCUT2D eigenvalue weighted by Crippen LogP contribution is 2.21. The molecule has 0 aliphatic rings. The molecule has 0 unspecified atom stereocenters. The van der Waals surface area contributed by atoms with Gasteiger partial charge in [-0.1, -0.05) is 41.4 Å². The summed E-state index contributed by atoms with van der Waals surface area (Å²) in [5, 5.41) is 7.02. The van der Waals surface area contributed by atoms with E-state index in [-0.39, 0.29) is 5.91 Å². The van der Waals surface area contributed by atoms with Gasteiger partial charge in [0.1, 0.15) is 0 Å². The SMILES string of the molecule is Cc1cc(C)c(NC(=O)CCNCc2ccc(Cl)cc2)c(C)c1. The molecule has 0 fully saturated rings. The number of aryl methyl sites for hydroxylation is 3. The third kappa shape index (κ3) is 5.38. The predicted molar refractivity (Wildman–Crippen MR) is 97.1 cm³/mol. The van der Waals surface area contributed by atoms with Crippen LogP contribution in [0.25, 0.3) is 0 Å². The molecule has 0 aromatic heterocycles. The molecule has 0 aliphatic carbocycles. The number of amides is 1. The summed E-state index contributed by atoms with van der Waals surface area (Å²) in [5.41, 5.74) is 5.50. The first-order valence-corrected chi connectivity index (χ1v) is 8.16. The van der Waals surface area contributed by atoms with Crippen molar-refractivity contribution in [2.75, 3.05) is 11.9 Å². The average molecular weight is 331 g/mol. The molecule has 2 rings (SSSR count). The van der Waals surface area contributed by atoms with Gasteiger partial charge in [-0.05, 0) is 49.6 Å². The van der Waals surface area contributed by atoms with E-state index in [4.69, 9.17) is 11.6 Å². The average Bonchev–Trinajstić information content (AvgIpc) is 2.49. The van der Waals surface area contributed by atoms with E-state index in [1.54, 1.807) is 0 Å². The van der Waals surface area contributed by atoms with Crippen molar-refractivity contribution in [2.24, 2.45) is 0 Å². The van der Waals surface area contributed by atoms with Gasteiger partial charge in [-0.15, -0.1) is 0 Å². The van der Waals surface area contributed by atoms with Crippen molar-refractivity contribution in [3.63, 3.8) is 0 Å². The Balaban J connectivity index is 1.78. The molecule has 1 amide bonds. The lowest BCUT2D eigenvalue weighted by Crippen LogP contribution is -2.22. The van der Waals surface area contributed by atoms with E-state index in [0.29, 0.717) is 13.0 Å². The molecule has 0 aliphatic heterocycles. The molecule has 23 heavy (non-hydrogen) atoms. The van der Waals surface area contributed by atoms with E-state index in [1.165, 1.54) is 5.56 Å². The van der Waals surface area contributed by atoms with Crippen molar-refractivity contribution in [1.82, 2.24) is 5.32 Å². The number of carbonyl (C=O) groups excluding carboxylic acids is 1. The molecule has 0 bridgehead atoms. The molecule has 2 aromatic carbocycles. The van der Waals surface area contributed by atoms with Crippen LogP contribution in [0.5, 0.6) is 0 Å². The summed E-state index contributed by atoms with van der Waals surface area (Å²) in [6.07, 6.45) is 0.445. The van der Waals surface area contributed by atoms with Gasteiger partial charge in [-0.25, -0.2) is 0 Å². The minimum Gasteiger partial charge on any atom is -0.326 e. The van der Waals surface area contributed by atoms with Gasteiger partial charge < -0.3 is 10.6 Å². The summed E-state index contributed by atoms with van der Waals surface area (Å²) in [5.74, 6) is 0.0312. The zero-order chi connectivity index (χ0) is 16.8. The number of hydrogen-bond acceptors (Lipinski definition) is 2. The maximum atomic E-state index is 12.1. The maximum absolute atomic E-state index is 12.1. The molecule has 2 aromatic rings. The van der Waals surface area contributed by atoms with Gasteiger partial charge in [0.2, 0.25) is 5.91 Å². The fourth-order valence-corrected chi connectivity index (χ4v) is 2.74.